The number of carbonyl (C=O) groups excluding carboxylic acids is 1. The molecule has 0 aliphatic carbocycles. The van der Waals surface area contributed by atoms with Gasteiger partial charge in [0.05, 0.1) is 6.54 Å². The Labute approximate surface area is 91.2 Å². The van der Waals surface area contributed by atoms with Crippen LogP contribution in [0.2, 0.25) is 0 Å². The van der Waals surface area contributed by atoms with E-state index in [4.69, 9.17) is 5.11 Å². The lowest BCUT2D eigenvalue weighted by Gasteiger charge is -2.00. The molecule has 15 heavy (non-hydrogen) atoms. The Bertz CT molecular complexity index is 395. The molecule has 0 saturated heterocycles. The molecule has 1 aromatic rings. The van der Waals surface area contributed by atoms with Crippen LogP contribution in [0.15, 0.2) is 17.5 Å². The SMILES string of the molecule is CC(=O)NCc1sccc1C=CC(=O)O. The summed E-state index contributed by atoms with van der Waals surface area (Å²) < 4.78 is 0. The van der Waals surface area contributed by atoms with E-state index in [1.54, 1.807) is 0 Å². The van der Waals surface area contributed by atoms with Gasteiger partial charge in [-0.2, -0.15) is 0 Å². The largest absolute Gasteiger partial charge is 0.478 e. The van der Waals surface area contributed by atoms with Crippen LogP contribution in [-0.2, 0) is 16.1 Å². The van der Waals surface area contributed by atoms with Crippen molar-refractivity contribution in [2.24, 2.45) is 0 Å². The number of rotatable bonds is 4. The van der Waals surface area contributed by atoms with E-state index in [-0.39, 0.29) is 5.91 Å². The molecule has 5 heteroatoms. The molecule has 0 radical (unpaired) electrons. The number of carbonyl (C=O) groups is 2. The van der Waals surface area contributed by atoms with Gasteiger partial charge in [-0.05, 0) is 23.1 Å². The van der Waals surface area contributed by atoms with Crippen LogP contribution in [0.1, 0.15) is 17.4 Å². The third kappa shape index (κ3) is 3.95. The Morgan fingerprint density at radius 1 is 1.60 bits per heavy atom. The van der Waals surface area contributed by atoms with Crippen LogP contribution in [0.3, 0.4) is 0 Å². The van der Waals surface area contributed by atoms with Crippen molar-refractivity contribution in [3.8, 4) is 0 Å². The van der Waals surface area contributed by atoms with Gasteiger partial charge in [0.1, 0.15) is 0 Å². The molecule has 0 fully saturated rings. The Morgan fingerprint density at radius 3 is 2.93 bits per heavy atom. The zero-order valence-corrected chi connectivity index (χ0v) is 9.00. The molecule has 1 aromatic heterocycles. The third-order valence-corrected chi connectivity index (χ3v) is 2.62. The Hall–Kier alpha value is -1.62. The predicted molar refractivity (Wildman–Crippen MR) is 58.5 cm³/mol. The molecular weight excluding hydrogens is 214 g/mol. The van der Waals surface area contributed by atoms with Crippen LogP contribution in [0.5, 0.6) is 0 Å². The zero-order chi connectivity index (χ0) is 11.3. The van der Waals surface area contributed by atoms with Gasteiger partial charge in [-0.15, -0.1) is 11.3 Å². The molecule has 0 bridgehead atoms. The number of amides is 1. The van der Waals surface area contributed by atoms with Gasteiger partial charge in [-0.25, -0.2) is 4.79 Å². The van der Waals surface area contributed by atoms with Gasteiger partial charge in [0.25, 0.3) is 0 Å². The minimum absolute atomic E-state index is 0.100. The van der Waals surface area contributed by atoms with Gasteiger partial charge in [0.2, 0.25) is 5.91 Å². The van der Waals surface area contributed by atoms with E-state index in [2.05, 4.69) is 5.32 Å². The fraction of sp³-hybridized carbons (Fsp3) is 0.200. The molecule has 0 spiro atoms. The standard InChI is InChI=1S/C10H11NO3S/c1-7(12)11-6-9-8(4-5-15-9)2-3-10(13)14/h2-5H,6H2,1H3,(H,11,12)(H,13,14). The first-order chi connectivity index (χ1) is 7.09. The van der Waals surface area contributed by atoms with E-state index in [1.165, 1.54) is 24.3 Å². The summed E-state index contributed by atoms with van der Waals surface area (Å²) in [7, 11) is 0. The second-order valence-corrected chi connectivity index (χ2v) is 3.88. The molecule has 1 heterocycles. The molecule has 0 unspecified atom stereocenters. The van der Waals surface area contributed by atoms with Crippen molar-refractivity contribution < 1.29 is 14.7 Å². The monoisotopic (exact) mass is 225 g/mol. The van der Waals surface area contributed by atoms with Crippen LogP contribution in [0.25, 0.3) is 6.08 Å². The van der Waals surface area contributed by atoms with Crippen molar-refractivity contribution in [3.63, 3.8) is 0 Å². The molecule has 0 aliphatic heterocycles. The number of hydrogen-bond acceptors (Lipinski definition) is 3. The Morgan fingerprint density at radius 2 is 2.33 bits per heavy atom. The molecule has 0 saturated carbocycles. The van der Waals surface area contributed by atoms with E-state index in [0.717, 1.165) is 16.5 Å². The van der Waals surface area contributed by atoms with Crippen molar-refractivity contribution in [1.29, 1.82) is 0 Å². The molecule has 1 rings (SSSR count). The van der Waals surface area contributed by atoms with Gasteiger partial charge < -0.3 is 10.4 Å². The predicted octanol–water partition coefficient (Wildman–Crippen LogP) is 1.48. The maximum Gasteiger partial charge on any atom is 0.328 e. The van der Waals surface area contributed by atoms with Crippen LogP contribution < -0.4 is 5.32 Å². The quantitative estimate of drug-likeness (QED) is 0.763. The van der Waals surface area contributed by atoms with Crippen LogP contribution in [-0.4, -0.2) is 17.0 Å². The summed E-state index contributed by atoms with van der Waals surface area (Å²) in [5, 5.41) is 13.0. The summed E-state index contributed by atoms with van der Waals surface area (Å²) in [6.45, 7) is 1.88. The average Bonchev–Trinajstić information content (AvgIpc) is 2.58. The summed E-state index contributed by atoms with van der Waals surface area (Å²) in [6.07, 6.45) is 2.61. The van der Waals surface area contributed by atoms with Gasteiger partial charge in [0, 0.05) is 17.9 Å². The lowest BCUT2D eigenvalue weighted by atomic mass is 10.2. The second-order valence-electron chi connectivity index (χ2n) is 2.88. The van der Waals surface area contributed by atoms with Crippen LogP contribution in [0.4, 0.5) is 0 Å². The fourth-order valence-corrected chi connectivity index (χ4v) is 1.82. The third-order valence-electron chi connectivity index (χ3n) is 1.68. The lowest BCUT2D eigenvalue weighted by molar-refractivity contribution is -0.131. The second kappa shape index (κ2) is 5.31. The van der Waals surface area contributed by atoms with E-state index in [1.807, 2.05) is 11.4 Å². The van der Waals surface area contributed by atoms with E-state index < -0.39 is 5.97 Å². The molecule has 80 valence electrons. The summed E-state index contributed by atoms with van der Waals surface area (Å²) in [5.74, 6) is -1.08. The maximum absolute atomic E-state index is 10.7. The highest BCUT2D eigenvalue weighted by atomic mass is 32.1. The highest BCUT2D eigenvalue weighted by Crippen LogP contribution is 2.17. The highest BCUT2D eigenvalue weighted by molar-refractivity contribution is 7.10. The number of nitrogens with one attached hydrogen (secondary N) is 1. The zero-order valence-electron chi connectivity index (χ0n) is 8.19. The first kappa shape index (κ1) is 11.5. The summed E-state index contributed by atoms with van der Waals surface area (Å²) in [4.78, 5) is 22.0. The van der Waals surface area contributed by atoms with Crippen molar-refractivity contribution >= 4 is 29.3 Å². The van der Waals surface area contributed by atoms with E-state index >= 15 is 0 Å². The normalized spacial score (nSPS) is 10.5. The molecular formula is C10H11NO3S. The van der Waals surface area contributed by atoms with Crippen LogP contribution in [0, 0.1) is 0 Å². The van der Waals surface area contributed by atoms with Gasteiger partial charge >= 0.3 is 5.97 Å². The van der Waals surface area contributed by atoms with E-state index in [0.29, 0.717) is 6.54 Å². The lowest BCUT2D eigenvalue weighted by Crippen LogP contribution is -2.18. The molecule has 4 nitrogen and oxygen atoms in total. The van der Waals surface area contributed by atoms with Crippen LogP contribution >= 0.6 is 11.3 Å². The number of carboxylic acid groups (broad SMARTS) is 1. The summed E-state index contributed by atoms with van der Waals surface area (Å²) in [5.41, 5.74) is 0.830. The number of hydrogen-bond donors (Lipinski definition) is 2. The minimum Gasteiger partial charge on any atom is -0.478 e. The van der Waals surface area contributed by atoms with Crippen molar-refractivity contribution in [3.05, 3.63) is 28.0 Å². The van der Waals surface area contributed by atoms with Crippen molar-refractivity contribution in [1.82, 2.24) is 5.32 Å². The molecule has 0 atom stereocenters. The Kier molecular flexibility index (Phi) is 4.05. The topological polar surface area (TPSA) is 66.4 Å². The summed E-state index contributed by atoms with van der Waals surface area (Å²) in [6, 6.07) is 1.82. The maximum atomic E-state index is 10.7. The van der Waals surface area contributed by atoms with E-state index in [9.17, 15) is 9.59 Å². The van der Waals surface area contributed by atoms with Gasteiger partial charge in [-0.3, -0.25) is 4.79 Å². The van der Waals surface area contributed by atoms with Crippen molar-refractivity contribution in [2.75, 3.05) is 0 Å². The number of carboxylic acids is 1. The van der Waals surface area contributed by atoms with Gasteiger partial charge in [0.15, 0.2) is 0 Å². The average molecular weight is 225 g/mol. The smallest absolute Gasteiger partial charge is 0.328 e. The first-order valence-corrected chi connectivity index (χ1v) is 5.19. The first-order valence-electron chi connectivity index (χ1n) is 4.31. The highest BCUT2D eigenvalue weighted by Gasteiger charge is 2.02. The molecule has 0 aliphatic rings. The summed E-state index contributed by atoms with van der Waals surface area (Å²) >= 11 is 1.48. The number of aliphatic carboxylic acids is 1. The molecule has 1 amide bonds. The molecule has 0 aromatic carbocycles. The minimum atomic E-state index is -0.980. The van der Waals surface area contributed by atoms with Gasteiger partial charge in [-0.1, -0.05) is 0 Å². The number of thiophene rings is 1. The molecule has 2 N–H and O–H groups in total. The Balaban J connectivity index is 2.69. The van der Waals surface area contributed by atoms with Crippen molar-refractivity contribution in [2.45, 2.75) is 13.5 Å². The fourth-order valence-electron chi connectivity index (χ4n) is 1.01.